The van der Waals surface area contributed by atoms with E-state index in [1.165, 1.54) is 32.4 Å². The van der Waals surface area contributed by atoms with Gasteiger partial charge in [0.1, 0.15) is 11.5 Å². The highest BCUT2D eigenvalue weighted by molar-refractivity contribution is 7.85. The number of rotatable bonds is 8. The first-order chi connectivity index (χ1) is 18.4. The monoisotopic (exact) mass is 608 g/mol. The number of esters is 2. The van der Waals surface area contributed by atoms with Crippen LogP contribution in [-0.4, -0.2) is 85.6 Å². The van der Waals surface area contributed by atoms with Crippen LogP contribution in [0.3, 0.4) is 0 Å². The van der Waals surface area contributed by atoms with Crippen LogP contribution in [0.5, 0.6) is 11.5 Å². The third-order valence-electron chi connectivity index (χ3n) is 5.12. The average Bonchev–Trinajstić information content (AvgIpc) is 2.81. The number of hydrogen-bond donors (Lipinski definition) is 1. The topological polar surface area (TPSA) is 144 Å². The fraction of sp³-hybridized carbons (Fsp3) is 0.440. The van der Waals surface area contributed by atoms with Crippen molar-refractivity contribution in [3.8, 4) is 11.5 Å². The zero-order valence-corrected chi connectivity index (χ0v) is 23.9. The van der Waals surface area contributed by atoms with E-state index < -0.39 is 22.1 Å². The number of phenolic OH excluding ortho intramolecular Hbond substituents is 1. The molecule has 0 spiro atoms. The van der Waals surface area contributed by atoms with Crippen molar-refractivity contribution in [3.05, 3.63) is 57.6 Å². The Morgan fingerprint density at radius 2 is 1.36 bits per heavy atom. The summed E-state index contributed by atoms with van der Waals surface area (Å²) < 4.78 is 49.8. The number of phenols is 1. The van der Waals surface area contributed by atoms with Gasteiger partial charge in [0.25, 0.3) is 10.1 Å². The van der Waals surface area contributed by atoms with Crippen LogP contribution >= 0.6 is 23.2 Å². The van der Waals surface area contributed by atoms with Crippen LogP contribution in [0.4, 0.5) is 0 Å². The van der Waals surface area contributed by atoms with Gasteiger partial charge in [-0.1, -0.05) is 23.2 Å². The van der Waals surface area contributed by atoms with Crippen LogP contribution in [0.2, 0.25) is 10.0 Å². The minimum Gasteiger partial charge on any atom is -0.508 e. The molecule has 14 heteroatoms. The second-order valence-electron chi connectivity index (χ2n) is 8.40. The Balaban J connectivity index is 0.000000214. The Kier molecular flexibility index (Phi) is 13.2. The highest BCUT2D eigenvalue weighted by atomic mass is 35.5. The van der Waals surface area contributed by atoms with E-state index in [4.69, 9.17) is 42.5 Å². The molecule has 0 bridgehead atoms. The van der Waals surface area contributed by atoms with Gasteiger partial charge in [-0.2, -0.15) is 8.42 Å². The number of benzene rings is 2. The molecular formula is C25H30Cl2O11S. The summed E-state index contributed by atoms with van der Waals surface area (Å²) in [6, 6.07) is 8.99. The molecule has 216 valence electrons. The van der Waals surface area contributed by atoms with Gasteiger partial charge >= 0.3 is 11.9 Å². The van der Waals surface area contributed by atoms with E-state index in [0.717, 1.165) is 19.5 Å². The largest absolute Gasteiger partial charge is 0.508 e. The molecule has 2 fully saturated rings. The number of carbonyl (C=O) groups excluding carboxylic acids is 2. The molecule has 0 aromatic heterocycles. The number of carbonyl (C=O) groups is 2. The molecule has 2 aliphatic rings. The van der Waals surface area contributed by atoms with E-state index in [-0.39, 0.29) is 28.9 Å². The highest BCUT2D eigenvalue weighted by Crippen LogP contribution is 2.24. The summed E-state index contributed by atoms with van der Waals surface area (Å²) in [6.45, 7) is 3.60. The van der Waals surface area contributed by atoms with E-state index >= 15 is 0 Å². The van der Waals surface area contributed by atoms with E-state index in [0.29, 0.717) is 42.1 Å². The predicted octanol–water partition coefficient (Wildman–Crippen LogP) is 3.59. The number of aromatic hydroxyl groups is 1. The van der Waals surface area contributed by atoms with Crippen molar-refractivity contribution in [2.75, 3.05) is 60.1 Å². The van der Waals surface area contributed by atoms with E-state index in [2.05, 4.69) is 13.7 Å². The molecule has 0 atom stereocenters. The van der Waals surface area contributed by atoms with Crippen LogP contribution in [0.15, 0.2) is 36.4 Å². The number of methoxy groups -OCH3 is 2. The lowest BCUT2D eigenvalue weighted by Gasteiger charge is -2.25. The van der Waals surface area contributed by atoms with Gasteiger partial charge in [-0.25, -0.2) is 9.59 Å². The molecule has 4 rings (SSSR count). The second-order valence-corrected chi connectivity index (χ2v) is 10.9. The molecular weight excluding hydrogens is 579 g/mol. The SMILES string of the molecule is COC(=O)c1ccc(O)cc1Cl.COC(=O)c1ccc(OCC2COC2)cc1Cl.CS(=O)(=O)OCC1COC1. The standard InChI is InChI=1S/C12H13ClO4.C8H7ClO3.C5H10O4S/c1-15-12(14)10-3-2-9(4-11(10)13)17-7-8-5-16-6-8;1-12-8(11)6-3-2-5(10)4-7(6)9;1-10(6,7)9-4-5-2-8-3-5/h2-4,8H,5-7H2,1H3;2-4,10H,1H3;5H,2-4H2,1H3. The average molecular weight is 609 g/mol. The molecule has 2 saturated heterocycles. The summed E-state index contributed by atoms with van der Waals surface area (Å²) in [5, 5.41) is 9.47. The van der Waals surface area contributed by atoms with E-state index in [1.54, 1.807) is 18.2 Å². The summed E-state index contributed by atoms with van der Waals surface area (Å²) in [7, 11) is -0.662. The molecule has 2 aromatic rings. The van der Waals surface area contributed by atoms with Crippen molar-refractivity contribution < 1.29 is 51.0 Å². The number of halogens is 2. The zero-order valence-electron chi connectivity index (χ0n) is 21.6. The van der Waals surface area contributed by atoms with Gasteiger partial charge in [0, 0.05) is 11.8 Å². The highest BCUT2D eigenvalue weighted by Gasteiger charge is 2.20. The van der Waals surface area contributed by atoms with E-state index in [1.807, 2.05) is 0 Å². The Hall–Kier alpha value is -2.61. The quantitative estimate of drug-likeness (QED) is 0.346. The third-order valence-corrected chi connectivity index (χ3v) is 6.31. The van der Waals surface area contributed by atoms with Crippen LogP contribution < -0.4 is 4.74 Å². The molecule has 39 heavy (non-hydrogen) atoms. The van der Waals surface area contributed by atoms with Crippen molar-refractivity contribution in [3.63, 3.8) is 0 Å². The van der Waals surface area contributed by atoms with Gasteiger partial charge in [0.2, 0.25) is 0 Å². The molecule has 0 unspecified atom stereocenters. The van der Waals surface area contributed by atoms with Gasteiger partial charge in [0.05, 0.1) is 81.3 Å². The van der Waals surface area contributed by atoms with Gasteiger partial charge in [-0.3, -0.25) is 4.18 Å². The van der Waals surface area contributed by atoms with Crippen LogP contribution in [0.25, 0.3) is 0 Å². The molecule has 1 N–H and O–H groups in total. The minimum absolute atomic E-state index is 0.0210. The zero-order chi connectivity index (χ0) is 29.0. The maximum absolute atomic E-state index is 11.3. The summed E-state index contributed by atoms with van der Waals surface area (Å²) in [5.41, 5.74) is 0.588. The minimum atomic E-state index is -3.25. The molecule has 2 aliphatic heterocycles. The molecule has 0 amide bonds. The predicted molar refractivity (Wildman–Crippen MR) is 142 cm³/mol. The maximum atomic E-state index is 11.3. The van der Waals surface area contributed by atoms with Crippen molar-refractivity contribution in [1.82, 2.24) is 0 Å². The smallest absolute Gasteiger partial charge is 0.339 e. The van der Waals surface area contributed by atoms with Crippen molar-refractivity contribution in [2.45, 2.75) is 0 Å². The second kappa shape index (κ2) is 15.8. The molecule has 2 aromatic carbocycles. The molecule has 0 radical (unpaired) electrons. The number of hydrogen-bond acceptors (Lipinski definition) is 11. The first-order valence-electron chi connectivity index (χ1n) is 11.5. The normalized spacial score (nSPS) is 14.8. The first kappa shape index (κ1) is 32.6. The summed E-state index contributed by atoms with van der Waals surface area (Å²) in [6.07, 6.45) is 1.05. The van der Waals surface area contributed by atoms with Crippen LogP contribution in [-0.2, 0) is 33.2 Å². The molecule has 2 heterocycles. The molecule has 0 aliphatic carbocycles. The van der Waals surface area contributed by atoms with Gasteiger partial charge in [-0.05, 0) is 36.4 Å². The Morgan fingerprint density at radius 1 is 0.872 bits per heavy atom. The van der Waals surface area contributed by atoms with Crippen molar-refractivity contribution in [1.29, 1.82) is 0 Å². The first-order valence-corrected chi connectivity index (χ1v) is 14.1. The van der Waals surface area contributed by atoms with Crippen molar-refractivity contribution >= 4 is 45.3 Å². The van der Waals surface area contributed by atoms with Gasteiger partial charge in [0.15, 0.2) is 0 Å². The number of ether oxygens (including phenoxy) is 5. The third kappa shape index (κ3) is 11.6. The maximum Gasteiger partial charge on any atom is 0.339 e. The van der Waals surface area contributed by atoms with Crippen LogP contribution in [0, 0.1) is 11.8 Å². The lowest BCUT2D eigenvalue weighted by molar-refractivity contribution is -0.0508. The Morgan fingerprint density at radius 3 is 1.77 bits per heavy atom. The Bertz CT molecular complexity index is 1210. The fourth-order valence-corrected chi connectivity index (χ4v) is 3.78. The summed E-state index contributed by atoms with van der Waals surface area (Å²) in [4.78, 5) is 22.3. The Labute approximate surface area is 236 Å². The summed E-state index contributed by atoms with van der Waals surface area (Å²) in [5.74, 6) is 0.430. The van der Waals surface area contributed by atoms with Crippen molar-refractivity contribution in [2.24, 2.45) is 11.8 Å². The van der Waals surface area contributed by atoms with Gasteiger partial charge < -0.3 is 28.8 Å². The lowest BCUT2D eigenvalue weighted by atomic mass is 10.1. The van der Waals surface area contributed by atoms with Crippen LogP contribution in [0.1, 0.15) is 20.7 Å². The fourth-order valence-electron chi connectivity index (χ4n) is 2.84. The molecule has 11 nitrogen and oxygen atoms in total. The van der Waals surface area contributed by atoms with E-state index in [9.17, 15) is 18.0 Å². The molecule has 0 saturated carbocycles. The summed E-state index contributed by atoms with van der Waals surface area (Å²) >= 11 is 11.6. The van der Waals surface area contributed by atoms with Gasteiger partial charge in [-0.15, -0.1) is 0 Å². The lowest BCUT2D eigenvalue weighted by Crippen LogP contribution is -2.32.